The van der Waals surface area contributed by atoms with Gasteiger partial charge in [-0.3, -0.25) is 4.79 Å². The van der Waals surface area contributed by atoms with Crippen LogP contribution in [0.3, 0.4) is 0 Å². The lowest BCUT2D eigenvalue weighted by atomic mass is 10.2. The van der Waals surface area contributed by atoms with Crippen molar-refractivity contribution in [2.45, 2.75) is 6.61 Å². The summed E-state index contributed by atoms with van der Waals surface area (Å²) in [5.74, 6) is 0.960. The highest BCUT2D eigenvalue weighted by atomic mass is 35.5. The number of benzene rings is 3. The Morgan fingerprint density at radius 3 is 2.55 bits per heavy atom. The Hall–Kier alpha value is -3.02. The van der Waals surface area contributed by atoms with Crippen molar-refractivity contribution in [3.63, 3.8) is 0 Å². The summed E-state index contributed by atoms with van der Waals surface area (Å²) in [6.45, 7) is 0.296. The summed E-state index contributed by atoms with van der Waals surface area (Å²) in [5.41, 5.74) is 4.54. The Balaban J connectivity index is 1.56. The van der Waals surface area contributed by atoms with Gasteiger partial charge in [0.05, 0.1) is 13.3 Å². The summed E-state index contributed by atoms with van der Waals surface area (Å²) in [5, 5.41) is 5.10. The van der Waals surface area contributed by atoms with Gasteiger partial charge in [-0.05, 0) is 48.5 Å². The smallest absolute Gasteiger partial charge is 0.271 e. The molecule has 0 radical (unpaired) electrons. The van der Waals surface area contributed by atoms with E-state index < -0.39 is 0 Å². The lowest BCUT2D eigenvalue weighted by molar-refractivity contribution is 0.0955. The Bertz CT molecular complexity index is 1020. The molecule has 0 bridgehead atoms. The van der Waals surface area contributed by atoms with E-state index >= 15 is 0 Å². The van der Waals surface area contributed by atoms with Crippen LogP contribution in [0.4, 0.5) is 0 Å². The van der Waals surface area contributed by atoms with E-state index in [9.17, 15) is 4.79 Å². The molecule has 148 valence electrons. The minimum absolute atomic E-state index is 0.296. The molecule has 1 amide bonds. The number of ether oxygens (including phenoxy) is 2. The van der Waals surface area contributed by atoms with Gasteiger partial charge in [-0.15, -0.1) is 0 Å². The van der Waals surface area contributed by atoms with Gasteiger partial charge in [-0.2, -0.15) is 5.10 Å². The first-order valence-electron chi connectivity index (χ1n) is 8.70. The van der Waals surface area contributed by atoms with Crippen molar-refractivity contribution >= 4 is 35.3 Å². The van der Waals surface area contributed by atoms with Gasteiger partial charge < -0.3 is 9.47 Å². The molecular weight excluding hydrogens is 411 g/mol. The SMILES string of the molecule is COc1ccccc1/C=N\NC(=O)c1ccc(OCc2ccc(Cl)cc2Cl)cc1. The van der Waals surface area contributed by atoms with Crippen LogP contribution in [-0.2, 0) is 6.61 Å². The number of para-hydroxylation sites is 1. The van der Waals surface area contributed by atoms with Crippen molar-refractivity contribution in [1.82, 2.24) is 5.43 Å². The summed E-state index contributed by atoms with van der Waals surface area (Å²) in [4.78, 5) is 12.2. The van der Waals surface area contributed by atoms with Crippen molar-refractivity contribution in [3.8, 4) is 11.5 Å². The second-order valence-electron chi connectivity index (χ2n) is 5.99. The third kappa shape index (κ3) is 5.73. The van der Waals surface area contributed by atoms with Crippen LogP contribution in [0.1, 0.15) is 21.5 Å². The maximum atomic E-state index is 12.2. The second kappa shape index (κ2) is 9.96. The van der Waals surface area contributed by atoms with Crippen LogP contribution >= 0.6 is 23.2 Å². The molecule has 0 aliphatic heterocycles. The molecule has 0 fully saturated rings. The minimum Gasteiger partial charge on any atom is -0.496 e. The van der Waals surface area contributed by atoms with Gasteiger partial charge in [0.15, 0.2) is 0 Å². The number of methoxy groups -OCH3 is 1. The quantitative estimate of drug-likeness (QED) is 0.407. The molecule has 3 rings (SSSR count). The number of hydrogen-bond donors (Lipinski definition) is 1. The molecular formula is C22H18Cl2N2O3. The molecule has 0 unspecified atom stereocenters. The number of nitrogens with zero attached hydrogens (tertiary/aromatic N) is 1. The standard InChI is InChI=1S/C22H18Cl2N2O3/c1-28-21-5-3-2-4-16(21)13-25-26-22(27)15-7-10-19(11-8-15)29-14-17-6-9-18(23)12-20(17)24/h2-13H,14H2,1H3,(H,26,27)/b25-13-. The topological polar surface area (TPSA) is 59.9 Å². The molecule has 0 atom stereocenters. The Morgan fingerprint density at radius 2 is 1.83 bits per heavy atom. The maximum Gasteiger partial charge on any atom is 0.271 e. The maximum absolute atomic E-state index is 12.2. The summed E-state index contributed by atoms with van der Waals surface area (Å²) >= 11 is 12.0. The fourth-order valence-electron chi connectivity index (χ4n) is 2.50. The molecule has 0 saturated carbocycles. The van der Waals surface area contributed by atoms with Crippen LogP contribution in [0.15, 0.2) is 71.8 Å². The number of carbonyl (C=O) groups excluding carboxylic acids is 1. The second-order valence-corrected chi connectivity index (χ2v) is 6.83. The Kier molecular flexibility index (Phi) is 7.11. The van der Waals surface area contributed by atoms with Crippen LogP contribution in [0.5, 0.6) is 11.5 Å². The molecule has 3 aromatic rings. The van der Waals surface area contributed by atoms with E-state index in [1.165, 1.54) is 6.21 Å². The van der Waals surface area contributed by atoms with Gasteiger partial charge in [0.25, 0.3) is 5.91 Å². The average molecular weight is 429 g/mol. The van der Waals surface area contributed by atoms with E-state index in [2.05, 4.69) is 10.5 Å². The first kappa shape index (κ1) is 20.7. The highest BCUT2D eigenvalue weighted by molar-refractivity contribution is 6.35. The molecule has 5 nitrogen and oxygen atoms in total. The van der Waals surface area contributed by atoms with Crippen LogP contribution in [0.25, 0.3) is 0 Å². The van der Waals surface area contributed by atoms with E-state index in [1.807, 2.05) is 30.3 Å². The molecule has 0 aromatic heterocycles. The molecule has 29 heavy (non-hydrogen) atoms. The Morgan fingerprint density at radius 1 is 1.07 bits per heavy atom. The van der Waals surface area contributed by atoms with E-state index in [4.69, 9.17) is 32.7 Å². The number of hydrazone groups is 1. The van der Waals surface area contributed by atoms with Crippen molar-refractivity contribution in [2.75, 3.05) is 7.11 Å². The first-order chi connectivity index (χ1) is 14.1. The molecule has 0 aliphatic carbocycles. The summed E-state index contributed by atoms with van der Waals surface area (Å²) < 4.78 is 10.9. The van der Waals surface area contributed by atoms with Gasteiger partial charge in [0, 0.05) is 26.7 Å². The zero-order chi connectivity index (χ0) is 20.6. The number of carbonyl (C=O) groups is 1. The van der Waals surface area contributed by atoms with Gasteiger partial charge in [-0.25, -0.2) is 5.43 Å². The van der Waals surface area contributed by atoms with Gasteiger partial charge in [0.2, 0.25) is 0 Å². The van der Waals surface area contributed by atoms with Crippen molar-refractivity contribution < 1.29 is 14.3 Å². The van der Waals surface area contributed by atoms with E-state index in [1.54, 1.807) is 43.5 Å². The molecule has 0 saturated heterocycles. The van der Waals surface area contributed by atoms with Crippen LogP contribution in [-0.4, -0.2) is 19.2 Å². The largest absolute Gasteiger partial charge is 0.496 e. The molecule has 0 aliphatic rings. The van der Waals surface area contributed by atoms with Crippen molar-refractivity contribution in [1.29, 1.82) is 0 Å². The minimum atomic E-state index is -0.330. The van der Waals surface area contributed by atoms with Crippen LogP contribution < -0.4 is 14.9 Å². The predicted octanol–water partition coefficient (Wildman–Crippen LogP) is 5.34. The number of hydrogen-bond acceptors (Lipinski definition) is 4. The van der Waals surface area contributed by atoms with Gasteiger partial charge >= 0.3 is 0 Å². The first-order valence-corrected chi connectivity index (χ1v) is 9.45. The number of amides is 1. The van der Waals surface area contributed by atoms with Crippen LogP contribution in [0, 0.1) is 0 Å². The average Bonchev–Trinajstić information content (AvgIpc) is 2.74. The number of nitrogens with one attached hydrogen (secondary N) is 1. The predicted molar refractivity (Wildman–Crippen MR) is 115 cm³/mol. The van der Waals surface area contributed by atoms with Crippen LogP contribution in [0.2, 0.25) is 10.0 Å². The zero-order valence-electron chi connectivity index (χ0n) is 15.6. The highest BCUT2D eigenvalue weighted by Gasteiger charge is 2.06. The lowest BCUT2D eigenvalue weighted by Gasteiger charge is -2.09. The third-order valence-electron chi connectivity index (χ3n) is 4.03. The lowest BCUT2D eigenvalue weighted by Crippen LogP contribution is -2.17. The van der Waals surface area contributed by atoms with Crippen molar-refractivity contribution in [2.24, 2.45) is 5.10 Å². The highest BCUT2D eigenvalue weighted by Crippen LogP contribution is 2.23. The summed E-state index contributed by atoms with van der Waals surface area (Å²) in [6.07, 6.45) is 1.53. The fourth-order valence-corrected chi connectivity index (χ4v) is 2.96. The van der Waals surface area contributed by atoms with E-state index in [-0.39, 0.29) is 5.91 Å². The Labute approximate surface area is 178 Å². The van der Waals surface area contributed by atoms with Gasteiger partial charge in [0.1, 0.15) is 18.1 Å². The molecule has 3 aromatic carbocycles. The summed E-state index contributed by atoms with van der Waals surface area (Å²) in [6, 6.07) is 19.4. The monoisotopic (exact) mass is 428 g/mol. The number of halogens is 2. The third-order valence-corrected chi connectivity index (χ3v) is 4.62. The normalized spacial score (nSPS) is 10.7. The molecule has 0 spiro atoms. The van der Waals surface area contributed by atoms with E-state index in [0.29, 0.717) is 33.7 Å². The zero-order valence-corrected chi connectivity index (χ0v) is 17.1. The summed E-state index contributed by atoms with van der Waals surface area (Å²) in [7, 11) is 1.58. The fraction of sp³-hybridized carbons (Fsp3) is 0.0909. The molecule has 7 heteroatoms. The van der Waals surface area contributed by atoms with E-state index in [0.717, 1.165) is 11.1 Å². The van der Waals surface area contributed by atoms with Gasteiger partial charge in [-0.1, -0.05) is 41.4 Å². The van der Waals surface area contributed by atoms with Crippen molar-refractivity contribution in [3.05, 3.63) is 93.5 Å². The molecule has 0 heterocycles. The molecule has 1 N–H and O–H groups in total. The number of rotatable bonds is 7.